The van der Waals surface area contributed by atoms with Crippen LogP contribution in [0.15, 0.2) is 41.8 Å². The fraction of sp³-hybridized carbons (Fsp3) is 0.368. The number of hydrogen-bond acceptors (Lipinski definition) is 5. The van der Waals surface area contributed by atoms with Crippen LogP contribution in [0.3, 0.4) is 0 Å². The van der Waals surface area contributed by atoms with Crippen LogP contribution in [0.5, 0.6) is 5.75 Å². The molecule has 0 spiro atoms. The molecule has 1 aromatic heterocycles. The zero-order valence-corrected chi connectivity index (χ0v) is 16.1. The monoisotopic (exact) mass is 388 g/mol. The van der Waals surface area contributed by atoms with Crippen molar-refractivity contribution in [1.29, 1.82) is 0 Å². The number of anilines is 1. The Morgan fingerprint density at radius 1 is 1.22 bits per heavy atom. The molecule has 1 atom stereocenters. The number of urea groups is 1. The number of hydrogen-bond donors (Lipinski definition) is 2. The second kappa shape index (κ2) is 8.77. The number of amides is 3. The molecule has 0 aliphatic carbocycles. The molecule has 1 saturated heterocycles. The normalized spacial score (nSPS) is 15.3. The van der Waals surface area contributed by atoms with Gasteiger partial charge in [-0.15, -0.1) is 11.3 Å². The van der Waals surface area contributed by atoms with Crippen molar-refractivity contribution < 1.29 is 14.3 Å². The Hall–Kier alpha value is -2.74. The number of primary amides is 1. The average Bonchev–Trinajstić information content (AvgIpc) is 3.22. The van der Waals surface area contributed by atoms with Crippen molar-refractivity contribution in [2.75, 3.05) is 38.2 Å². The van der Waals surface area contributed by atoms with Gasteiger partial charge in [-0.2, -0.15) is 0 Å². The third-order valence-corrected chi connectivity index (χ3v) is 5.62. The number of piperazine rings is 1. The summed E-state index contributed by atoms with van der Waals surface area (Å²) in [4.78, 5) is 29.0. The van der Waals surface area contributed by atoms with E-state index in [0.29, 0.717) is 13.1 Å². The van der Waals surface area contributed by atoms with Crippen molar-refractivity contribution >= 4 is 29.0 Å². The molecule has 0 bridgehead atoms. The van der Waals surface area contributed by atoms with Gasteiger partial charge in [0.05, 0.1) is 19.6 Å². The van der Waals surface area contributed by atoms with E-state index in [1.54, 1.807) is 7.11 Å². The van der Waals surface area contributed by atoms with Crippen molar-refractivity contribution in [1.82, 2.24) is 10.2 Å². The minimum absolute atomic E-state index is 0.0208. The van der Waals surface area contributed by atoms with Gasteiger partial charge in [0.25, 0.3) is 0 Å². The molecule has 3 rings (SSSR count). The van der Waals surface area contributed by atoms with Gasteiger partial charge in [-0.05, 0) is 23.6 Å². The van der Waals surface area contributed by atoms with E-state index in [1.165, 1.54) is 11.3 Å². The second-order valence-corrected chi connectivity index (χ2v) is 7.33. The van der Waals surface area contributed by atoms with E-state index in [1.807, 2.05) is 46.7 Å². The Balaban J connectivity index is 1.58. The molecule has 27 heavy (non-hydrogen) atoms. The second-order valence-electron chi connectivity index (χ2n) is 6.35. The van der Waals surface area contributed by atoms with Gasteiger partial charge in [-0.25, -0.2) is 4.79 Å². The van der Waals surface area contributed by atoms with Gasteiger partial charge in [0.2, 0.25) is 5.91 Å². The topological polar surface area (TPSA) is 87.9 Å². The number of carbonyl (C=O) groups is 2. The van der Waals surface area contributed by atoms with Gasteiger partial charge in [0.15, 0.2) is 0 Å². The summed E-state index contributed by atoms with van der Waals surface area (Å²) >= 11 is 1.50. The Labute approximate surface area is 162 Å². The predicted octanol–water partition coefficient (Wildman–Crippen LogP) is 2.21. The third-order valence-electron chi connectivity index (χ3n) is 4.63. The molecular formula is C19H24N4O3S. The van der Waals surface area contributed by atoms with Gasteiger partial charge >= 0.3 is 6.03 Å². The Morgan fingerprint density at radius 3 is 2.63 bits per heavy atom. The molecule has 1 fully saturated rings. The maximum Gasteiger partial charge on any atom is 0.312 e. The van der Waals surface area contributed by atoms with Crippen LogP contribution in [0.2, 0.25) is 0 Å². The van der Waals surface area contributed by atoms with E-state index in [4.69, 9.17) is 10.5 Å². The van der Waals surface area contributed by atoms with Crippen LogP contribution in [0.25, 0.3) is 0 Å². The summed E-state index contributed by atoms with van der Waals surface area (Å²) in [5.41, 5.74) is 6.36. The number of ether oxygens (including phenoxy) is 1. The van der Waals surface area contributed by atoms with E-state index in [0.717, 1.165) is 29.4 Å². The smallest absolute Gasteiger partial charge is 0.312 e. The summed E-state index contributed by atoms with van der Waals surface area (Å²) in [5.74, 6) is 0.842. The largest absolute Gasteiger partial charge is 0.497 e. The lowest BCUT2D eigenvalue weighted by Crippen LogP contribution is -2.49. The van der Waals surface area contributed by atoms with Gasteiger partial charge in [-0.1, -0.05) is 12.1 Å². The van der Waals surface area contributed by atoms with Crippen molar-refractivity contribution in [3.05, 3.63) is 46.7 Å². The van der Waals surface area contributed by atoms with E-state index in [9.17, 15) is 9.59 Å². The molecule has 7 nitrogen and oxygen atoms in total. The van der Waals surface area contributed by atoms with Crippen LogP contribution < -0.4 is 20.7 Å². The van der Waals surface area contributed by atoms with Crippen LogP contribution in [0.1, 0.15) is 17.3 Å². The minimum Gasteiger partial charge on any atom is -0.497 e. The van der Waals surface area contributed by atoms with Gasteiger partial charge in [0.1, 0.15) is 5.75 Å². The number of nitrogens with one attached hydrogen (secondary N) is 1. The van der Waals surface area contributed by atoms with Crippen molar-refractivity contribution in [2.45, 2.75) is 12.5 Å². The fourth-order valence-electron chi connectivity index (χ4n) is 3.21. The number of thiophene rings is 1. The molecule has 144 valence electrons. The third kappa shape index (κ3) is 4.91. The maximum atomic E-state index is 12.7. The lowest BCUT2D eigenvalue weighted by molar-refractivity contribution is -0.132. The number of methoxy groups -OCH3 is 1. The maximum absolute atomic E-state index is 12.7. The minimum atomic E-state index is -0.621. The highest BCUT2D eigenvalue weighted by Crippen LogP contribution is 2.25. The number of carbonyl (C=O) groups excluding carboxylic acids is 2. The summed E-state index contributed by atoms with van der Waals surface area (Å²) in [6.45, 7) is 2.80. The highest BCUT2D eigenvalue weighted by Gasteiger charge is 2.25. The lowest BCUT2D eigenvalue weighted by atomic mass is 10.1. The number of nitrogens with zero attached hydrogens (tertiary/aromatic N) is 2. The molecule has 1 aromatic carbocycles. The predicted molar refractivity (Wildman–Crippen MR) is 106 cm³/mol. The molecule has 0 saturated carbocycles. The quantitative estimate of drug-likeness (QED) is 0.794. The first kappa shape index (κ1) is 19.0. The summed E-state index contributed by atoms with van der Waals surface area (Å²) in [6, 6.07) is 10.7. The zero-order valence-electron chi connectivity index (χ0n) is 15.3. The van der Waals surface area contributed by atoms with Crippen molar-refractivity contribution in [3.63, 3.8) is 0 Å². The fourth-order valence-corrected chi connectivity index (χ4v) is 3.99. The first-order chi connectivity index (χ1) is 13.1. The first-order valence-electron chi connectivity index (χ1n) is 8.83. The highest BCUT2D eigenvalue weighted by molar-refractivity contribution is 7.10. The van der Waals surface area contributed by atoms with Gasteiger partial charge in [-0.3, -0.25) is 4.79 Å². The van der Waals surface area contributed by atoms with Crippen LogP contribution in [0.4, 0.5) is 10.5 Å². The van der Waals surface area contributed by atoms with Gasteiger partial charge < -0.3 is 25.6 Å². The Morgan fingerprint density at radius 2 is 2.00 bits per heavy atom. The summed E-state index contributed by atoms with van der Waals surface area (Å²) < 4.78 is 5.28. The lowest BCUT2D eigenvalue weighted by Gasteiger charge is -2.36. The van der Waals surface area contributed by atoms with Crippen LogP contribution in [-0.4, -0.2) is 50.1 Å². The van der Waals surface area contributed by atoms with Crippen LogP contribution in [-0.2, 0) is 4.79 Å². The molecule has 1 unspecified atom stereocenters. The van der Waals surface area contributed by atoms with E-state index < -0.39 is 6.03 Å². The Bertz CT molecular complexity index is 773. The molecule has 2 heterocycles. The number of benzene rings is 1. The molecule has 0 radical (unpaired) electrons. The van der Waals surface area contributed by atoms with E-state index in [-0.39, 0.29) is 18.4 Å². The van der Waals surface area contributed by atoms with Crippen molar-refractivity contribution in [3.8, 4) is 5.75 Å². The van der Waals surface area contributed by atoms with Crippen LogP contribution >= 0.6 is 11.3 Å². The Kier molecular flexibility index (Phi) is 6.18. The molecule has 3 N–H and O–H groups in total. The number of nitrogens with two attached hydrogens (primary N) is 1. The average molecular weight is 388 g/mol. The molecule has 1 aliphatic rings. The molecule has 3 amide bonds. The van der Waals surface area contributed by atoms with Crippen LogP contribution in [0, 0.1) is 0 Å². The molecular weight excluding hydrogens is 364 g/mol. The highest BCUT2D eigenvalue weighted by atomic mass is 32.1. The van der Waals surface area contributed by atoms with Crippen molar-refractivity contribution in [2.24, 2.45) is 5.73 Å². The summed E-state index contributed by atoms with van der Waals surface area (Å²) in [5, 5.41) is 4.60. The summed E-state index contributed by atoms with van der Waals surface area (Å²) in [7, 11) is 1.65. The SMILES string of the molecule is COc1cccc(N2CCN(C(=O)CC(NC(N)=O)c3cccs3)CC2)c1. The zero-order chi connectivity index (χ0) is 19.2. The molecule has 2 aromatic rings. The first-order valence-corrected chi connectivity index (χ1v) is 9.71. The van der Waals surface area contributed by atoms with E-state index >= 15 is 0 Å². The summed E-state index contributed by atoms with van der Waals surface area (Å²) in [6.07, 6.45) is 0.211. The standard InChI is InChI=1S/C19H24N4O3S/c1-26-15-5-2-4-14(12-15)22-7-9-23(10-8-22)18(24)13-16(21-19(20)25)17-6-3-11-27-17/h2-6,11-12,16H,7-10,13H2,1H3,(H3,20,21,25). The van der Waals surface area contributed by atoms with E-state index in [2.05, 4.69) is 10.2 Å². The molecule has 8 heteroatoms. The molecule has 1 aliphatic heterocycles. The van der Waals surface area contributed by atoms with Gasteiger partial charge in [0, 0.05) is 42.8 Å². The number of rotatable bonds is 6.